The molecule has 33 heavy (non-hydrogen) atoms. The molecule has 0 radical (unpaired) electrons. The van der Waals surface area contributed by atoms with E-state index >= 15 is 0 Å². The van der Waals surface area contributed by atoms with Crippen molar-refractivity contribution in [3.63, 3.8) is 0 Å². The van der Waals surface area contributed by atoms with Crippen LogP contribution < -0.4 is 19.5 Å². The first-order valence-electron chi connectivity index (χ1n) is 11.0. The van der Waals surface area contributed by atoms with Crippen molar-refractivity contribution >= 4 is 21.6 Å². The first-order chi connectivity index (χ1) is 15.8. The Balaban J connectivity index is 1.80. The second-order valence-corrected chi connectivity index (χ2v) is 9.96. The number of anilines is 1. The van der Waals surface area contributed by atoms with Gasteiger partial charge in [-0.2, -0.15) is 4.31 Å². The zero-order valence-corrected chi connectivity index (χ0v) is 20.5. The van der Waals surface area contributed by atoms with Gasteiger partial charge in [-0.15, -0.1) is 0 Å². The van der Waals surface area contributed by atoms with E-state index in [-0.39, 0.29) is 17.2 Å². The van der Waals surface area contributed by atoms with Gasteiger partial charge in [-0.3, -0.25) is 4.79 Å². The lowest BCUT2D eigenvalue weighted by atomic mass is 10.1. The van der Waals surface area contributed by atoms with Crippen molar-refractivity contribution in [3.8, 4) is 17.2 Å². The maximum atomic E-state index is 13.3. The van der Waals surface area contributed by atoms with Gasteiger partial charge < -0.3 is 19.5 Å². The number of amides is 1. The Bertz CT molecular complexity index is 1070. The summed E-state index contributed by atoms with van der Waals surface area (Å²) < 4.78 is 44.1. The Morgan fingerprint density at radius 3 is 2.09 bits per heavy atom. The molecule has 8 nitrogen and oxygen atoms in total. The average Bonchev–Trinajstić information content (AvgIpc) is 3.09. The highest BCUT2D eigenvalue weighted by Gasteiger charge is 2.27. The minimum atomic E-state index is -3.62. The number of carbonyl (C=O) groups excluding carboxylic acids is 1. The molecule has 1 aliphatic heterocycles. The summed E-state index contributed by atoms with van der Waals surface area (Å²) in [7, 11) is 0.919. The third kappa shape index (κ3) is 5.78. The van der Waals surface area contributed by atoms with Crippen molar-refractivity contribution in [2.75, 3.05) is 39.7 Å². The van der Waals surface area contributed by atoms with Crippen molar-refractivity contribution in [2.45, 2.75) is 43.9 Å². The summed E-state index contributed by atoms with van der Waals surface area (Å²) in [5.41, 5.74) is 1.76. The molecule has 0 atom stereocenters. The molecular weight excluding hydrogens is 444 g/mol. The van der Waals surface area contributed by atoms with E-state index in [2.05, 4.69) is 5.32 Å². The van der Waals surface area contributed by atoms with Crippen LogP contribution in [0.1, 0.15) is 36.8 Å². The molecule has 0 aliphatic carbocycles. The van der Waals surface area contributed by atoms with Gasteiger partial charge in [0.25, 0.3) is 0 Å². The molecule has 1 saturated heterocycles. The van der Waals surface area contributed by atoms with Gasteiger partial charge in [-0.1, -0.05) is 18.9 Å². The number of sulfonamides is 1. The Labute approximate surface area is 195 Å². The summed E-state index contributed by atoms with van der Waals surface area (Å²) in [6, 6.07) is 8.41. The lowest BCUT2D eigenvalue weighted by Crippen LogP contribution is -2.32. The number of hydrogen-bond donors (Lipinski definition) is 1. The predicted molar refractivity (Wildman–Crippen MR) is 127 cm³/mol. The molecule has 2 aromatic rings. The van der Waals surface area contributed by atoms with Gasteiger partial charge in [-0.05, 0) is 55.2 Å². The van der Waals surface area contributed by atoms with Crippen LogP contribution in [0.25, 0.3) is 0 Å². The quantitative estimate of drug-likeness (QED) is 0.623. The molecule has 1 amide bonds. The van der Waals surface area contributed by atoms with Crippen LogP contribution in [-0.4, -0.2) is 53.0 Å². The molecule has 180 valence electrons. The molecule has 3 rings (SSSR count). The lowest BCUT2D eigenvalue weighted by Gasteiger charge is -2.21. The second-order valence-electron chi connectivity index (χ2n) is 8.06. The highest BCUT2D eigenvalue weighted by Crippen LogP contribution is 2.38. The molecule has 2 aromatic carbocycles. The average molecular weight is 477 g/mol. The Hall–Kier alpha value is -2.78. The van der Waals surface area contributed by atoms with Crippen molar-refractivity contribution in [1.82, 2.24) is 4.31 Å². The number of nitrogens with one attached hydrogen (secondary N) is 1. The summed E-state index contributed by atoms with van der Waals surface area (Å²) in [5.74, 6) is 1.08. The maximum absolute atomic E-state index is 13.3. The Morgan fingerprint density at radius 1 is 0.939 bits per heavy atom. The summed E-state index contributed by atoms with van der Waals surface area (Å²) in [6.07, 6.45) is 3.87. The van der Waals surface area contributed by atoms with Gasteiger partial charge in [-0.25, -0.2) is 8.42 Å². The fraction of sp³-hybridized carbons (Fsp3) is 0.458. The molecule has 0 aromatic heterocycles. The molecule has 1 N–H and O–H groups in total. The third-order valence-electron chi connectivity index (χ3n) is 5.74. The van der Waals surface area contributed by atoms with Crippen LogP contribution in [-0.2, 0) is 21.2 Å². The van der Waals surface area contributed by atoms with Crippen LogP contribution in [0.4, 0.5) is 5.69 Å². The Kier molecular flexibility index (Phi) is 8.20. The first kappa shape index (κ1) is 24.9. The number of carbonyl (C=O) groups is 1. The number of methoxy groups -OCH3 is 3. The number of nitrogens with zero attached hydrogens (tertiary/aromatic N) is 1. The van der Waals surface area contributed by atoms with Crippen molar-refractivity contribution in [3.05, 3.63) is 41.5 Å². The summed E-state index contributed by atoms with van der Waals surface area (Å²) in [5, 5.41) is 2.81. The number of aryl methyl sites for hydroxylation is 1. The largest absolute Gasteiger partial charge is 0.493 e. The van der Waals surface area contributed by atoms with E-state index in [1.165, 1.54) is 21.3 Å². The maximum Gasteiger partial charge on any atom is 0.243 e. The highest BCUT2D eigenvalue weighted by molar-refractivity contribution is 7.89. The van der Waals surface area contributed by atoms with Crippen molar-refractivity contribution in [1.29, 1.82) is 0 Å². The smallest absolute Gasteiger partial charge is 0.243 e. The van der Waals surface area contributed by atoms with E-state index in [9.17, 15) is 13.2 Å². The van der Waals surface area contributed by atoms with Crippen LogP contribution in [0, 0.1) is 6.92 Å². The van der Waals surface area contributed by atoms with Gasteiger partial charge in [0.05, 0.1) is 32.6 Å². The van der Waals surface area contributed by atoms with E-state index in [0.717, 1.165) is 25.7 Å². The van der Waals surface area contributed by atoms with Crippen LogP contribution in [0.15, 0.2) is 35.2 Å². The molecule has 1 fully saturated rings. The SMILES string of the molecule is COc1cc(CC(=O)Nc2ccc(C)c(S(=O)(=O)N3CCCCCC3)c2)cc(OC)c1OC. The van der Waals surface area contributed by atoms with Gasteiger partial charge in [0.15, 0.2) is 11.5 Å². The number of ether oxygens (including phenoxy) is 3. The normalized spacial score (nSPS) is 14.9. The summed E-state index contributed by atoms with van der Waals surface area (Å²) in [6.45, 7) is 2.82. The van der Waals surface area contributed by atoms with Crippen molar-refractivity contribution < 1.29 is 27.4 Å². The van der Waals surface area contributed by atoms with E-state index in [0.29, 0.717) is 47.2 Å². The number of hydrogen-bond acceptors (Lipinski definition) is 6. The molecule has 0 bridgehead atoms. The van der Waals surface area contributed by atoms with Crippen LogP contribution in [0.2, 0.25) is 0 Å². The second kappa shape index (κ2) is 10.9. The van der Waals surface area contributed by atoms with Gasteiger partial charge in [0.2, 0.25) is 21.7 Å². The third-order valence-corrected chi connectivity index (χ3v) is 7.78. The molecule has 0 saturated carbocycles. The number of benzene rings is 2. The van der Waals surface area contributed by atoms with Gasteiger partial charge in [0, 0.05) is 18.8 Å². The zero-order chi connectivity index (χ0) is 24.0. The lowest BCUT2D eigenvalue weighted by molar-refractivity contribution is -0.115. The fourth-order valence-corrected chi connectivity index (χ4v) is 5.77. The van der Waals surface area contributed by atoms with Crippen LogP contribution in [0.5, 0.6) is 17.2 Å². The van der Waals surface area contributed by atoms with E-state index in [1.807, 2.05) is 0 Å². The zero-order valence-electron chi connectivity index (χ0n) is 19.6. The monoisotopic (exact) mass is 476 g/mol. The highest BCUT2D eigenvalue weighted by atomic mass is 32.2. The van der Waals surface area contributed by atoms with Crippen LogP contribution >= 0.6 is 0 Å². The minimum Gasteiger partial charge on any atom is -0.493 e. The van der Waals surface area contributed by atoms with Crippen molar-refractivity contribution in [2.24, 2.45) is 0 Å². The molecular formula is C24H32N2O6S. The van der Waals surface area contributed by atoms with E-state index < -0.39 is 10.0 Å². The predicted octanol–water partition coefficient (Wildman–Crippen LogP) is 3.77. The molecule has 0 unspecified atom stereocenters. The standard InChI is InChI=1S/C24H32N2O6S/c1-17-9-10-19(16-22(17)33(28,29)26-11-7-5-6-8-12-26)25-23(27)15-18-13-20(30-2)24(32-4)21(14-18)31-3/h9-10,13-14,16H,5-8,11-12,15H2,1-4H3,(H,25,27). The van der Waals surface area contributed by atoms with Gasteiger partial charge >= 0.3 is 0 Å². The van der Waals surface area contributed by atoms with E-state index in [4.69, 9.17) is 14.2 Å². The first-order valence-corrected chi connectivity index (χ1v) is 12.4. The molecule has 1 aliphatic rings. The summed E-state index contributed by atoms with van der Waals surface area (Å²) >= 11 is 0. The summed E-state index contributed by atoms with van der Waals surface area (Å²) in [4.78, 5) is 13.0. The topological polar surface area (TPSA) is 94.2 Å². The van der Waals surface area contributed by atoms with Crippen LogP contribution in [0.3, 0.4) is 0 Å². The minimum absolute atomic E-state index is 0.0544. The Morgan fingerprint density at radius 2 is 1.55 bits per heavy atom. The van der Waals surface area contributed by atoms with E-state index in [1.54, 1.807) is 41.6 Å². The molecule has 0 spiro atoms. The molecule has 1 heterocycles. The van der Waals surface area contributed by atoms with Gasteiger partial charge in [0.1, 0.15) is 0 Å². The fourth-order valence-electron chi connectivity index (χ4n) is 4.00. The molecule has 9 heteroatoms. The number of rotatable bonds is 8.